The maximum Gasteiger partial charge on any atom is 0.272 e. The normalized spacial score (nSPS) is 21.9. The van der Waals surface area contributed by atoms with Crippen LogP contribution in [0, 0.1) is 0 Å². The van der Waals surface area contributed by atoms with Crippen LogP contribution in [-0.4, -0.2) is 34.4 Å². The van der Waals surface area contributed by atoms with E-state index in [4.69, 9.17) is 9.47 Å². The number of hydrogen-bond acceptors (Lipinski definition) is 4. The highest BCUT2D eigenvalue weighted by Crippen LogP contribution is 2.28. The first-order chi connectivity index (χ1) is 11.6. The van der Waals surface area contributed by atoms with Crippen molar-refractivity contribution >= 4 is 21.8 Å². The van der Waals surface area contributed by atoms with E-state index >= 15 is 0 Å². The van der Waals surface area contributed by atoms with Gasteiger partial charge in [0.1, 0.15) is 12.4 Å². The Kier molecular flexibility index (Phi) is 3.96. The second kappa shape index (κ2) is 6.12. The fourth-order valence-electron chi connectivity index (χ4n) is 3.05. The zero-order chi connectivity index (χ0) is 16.7. The Bertz CT molecular complexity index is 789. The third-order valence-electron chi connectivity index (χ3n) is 4.31. The lowest BCUT2D eigenvalue weighted by atomic mass is 10.0. The molecule has 2 aliphatic rings. The molecule has 0 saturated carbocycles. The van der Waals surface area contributed by atoms with Crippen molar-refractivity contribution in [3.63, 3.8) is 0 Å². The van der Waals surface area contributed by atoms with Crippen molar-refractivity contribution in [1.82, 2.24) is 15.1 Å². The van der Waals surface area contributed by atoms with Gasteiger partial charge in [0, 0.05) is 23.5 Å². The van der Waals surface area contributed by atoms with E-state index in [2.05, 4.69) is 26.3 Å². The van der Waals surface area contributed by atoms with Crippen LogP contribution >= 0.6 is 15.9 Å². The van der Waals surface area contributed by atoms with Gasteiger partial charge in [-0.25, -0.2) is 4.68 Å². The molecule has 24 heavy (non-hydrogen) atoms. The number of aryl methyl sites for hydroxylation is 1. The summed E-state index contributed by atoms with van der Waals surface area (Å²) in [5, 5.41) is 7.35. The number of carbonyl (C=O) groups is 1. The van der Waals surface area contributed by atoms with Crippen LogP contribution in [0.3, 0.4) is 0 Å². The van der Waals surface area contributed by atoms with E-state index in [-0.39, 0.29) is 18.1 Å². The maximum atomic E-state index is 12.5. The van der Waals surface area contributed by atoms with E-state index in [0.29, 0.717) is 18.2 Å². The van der Waals surface area contributed by atoms with Crippen LogP contribution in [0.15, 0.2) is 28.7 Å². The lowest BCUT2D eigenvalue weighted by Crippen LogP contribution is -2.42. The van der Waals surface area contributed by atoms with Gasteiger partial charge in [-0.15, -0.1) is 0 Å². The third kappa shape index (κ3) is 3.00. The summed E-state index contributed by atoms with van der Waals surface area (Å²) in [7, 11) is 0. The molecule has 2 atom stereocenters. The van der Waals surface area contributed by atoms with Crippen molar-refractivity contribution in [2.45, 2.75) is 38.5 Å². The molecule has 0 spiro atoms. The lowest BCUT2D eigenvalue weighted by Gasteiger charge is -2.26. The van der Waals surface area contributed by atoms with E-state index in [0.717, 1.165) is 35.2 Å². The smallest absolute Gasteiger partial charge is 0.272 e. The molecule has 1 unspecified atom stereocenters. The van der Waals surface area contributed by atoms with Crippen molar-refractivity contribution in [3.05, 3.63) is 40.0 Å². The molecule has 0 bridgehead atoms. The van der Waals surface area contributed by atoms with Crippen LogP contribution in [0.1, 0.15) is 29.4 Å². The molecule has 2 aromatic rings. The molecule has 126 valence electrons. The third-order valence-corrected chi connectivity index (χ3v) is 4.80. The molecule has 1 aromatic heterocycles. The van der Waals surface area contributed by atoms with Gasteiger partial charge in [-0.3, -0.25) is 4.79 Å². The predicted octanol–water partition coefficient (Wildman–Crippen LogP) is 2.55. The summed E-state index contributed by atoms with van der Waals surface area (Å²) in [6.45, 7) is 3.25. The molecule has 7 heteroatoms. The van der Waals surface area contributed by atoms with E-state index in [1.807, 2.05) is 25.1 Å². The first-order valence-electron chi connectivity index (χ1n) is 8.05. The predicted molar refractivity (Wildman–Crippen MR) is 91.5 cm³/mol. The molecular formula is C17H18BrN3O3. The first kappa shape index (κ1) is 15.5. The van der Waals surface area contributed by atoms with Crippen molar-refractivity contribution in [2.24, 2.45) is 0 Å². The molecule has 6 nitrogen and oxygen atoms in total. The maximum absolute atomic E-state index is 12.5. The number of aromatic nitrogens is 2. The van der Waals surface area contributed by atoms with Crippen molar-refractivity contribution in [2.75, 3.05) is 6.61 Å². The van der Waals surface area contributed by atoms with Gasteiger partial charge in [0.2, 0.25) is 5.88 Å². The standard InChI is InChI=1S/C17H18BrN3O3/c1-10-4-5-21-16(24-10)8-14(20-21)17(22)19-13-7-11-6-12(18)2-3-15(11)23-9-13/h2-3,6,8,10,13H,4-5,7,9H2,1H3,(H,19,22)/t10-,13?/m0/s1. The number of rotatable bonds is 2. The number of amides is 1. The summed E-state index contributed by atoms with van der Waals surface area (Å²) in [5.74, 6) is 1.34. The second-order valence-electron chi connectivity index (χ2n) is 6.25. The molecule has 0 radical (unpaired) electrons. The highest BCUT2D eigenvalue weighted by atomic mass is 79.9. The number of benzene rings is 1. The minimum atomic E-state index is -0.194. The molecule has 0 aliphatic carbocycles. The fraction of sp³-hybridized carbons (Fsp3) is 0.412. The van der Waals surface area contributed by atoms with Crippen LogP contribution in [-0.2, 0) is 13.0 Å². The van der Waals surface area contributed by atoms with Crippen LogP contribution < -0.4 is 14.8 Å². The molecule has 3 heterocycles. The van der Waals surface area contributed by atoms with Crippen LogP contribution in [0.5, 0.6) is 11.6 Å². The van der Waals surface area contributed by atoms with Gasteiger partial charge in [0.15, 0.2) is 5.69 Å². The number of halogens is 1. The van der Waals surface area contributed by atoms with Crippen molar-refractivity contribution < 1.29 is 14.3 Å². The molecule has 2 aliphatic heterocycles. The molecule has 4 rings (SSSR count). The van der Waals surface area contributed by atoms with Gasteiger partial charge in [-0.05, 0) is 37.1 Å². The average molecular weight is 392 g/mol. The topological polar surface area (TPSA) is 65.4 Å². The highest BCUT2D eigenvalue weighted by Gasteiger charge is 2.25. The van der Waals surface area contributed by atoms with Gasteiger partial charge in [0.05, 0.1) is 12.1 Å². The number of nitrogens with zero attached hydrogens (tertiary/aromatic N) is 2. The average Bonchev–Trinajstić information content (AvgIpc) is 2.97. The van der Waals surface area contributed by atoms with Crippen LogP contribution in [0.4, 0.5) is 0 Å². The zero-order valence-corrected chi connectivity index (χ0v) is 14.9. The lowest BCUT2D eigenvalue weighted by molar-refractivity contribution is 0.0909. The number of hydrogen-bond donors (Lipinski definition) is 1. The summed E-state index contributed by atoms with van der Waals surface area (Å²) >= 11 is 3.47. The molecule has 1 amide bonds. The fourth-order valence-corrected chi connectivity index (χ4v) is 3.46. The summed E-state index contributed by atoms with van der Waals surface area (Å²) in [6, 6.07) is 7.56. The Morgan fingerprint density at radius 3 is 3.17 bits per heavy atom. The van der Waals surface area contributed by atoms with Gasteiger partial charge in [-0.1, -0.05) is 15.9 Å². The minimum absolute atomic E-state index is 0.0714. The summed E-state index contributed by atoms with van der Waals surface area (Å²) in [5.41, 5.74) is 1.47. The van der Waals surface area contributed by atoms with Gasteiger partial charge in [0.25, 0.3) is 5.91 Å². The van der Waals surface area contributed by atoms with Gasteiger partial charge >= 0.3 is 0 Å². The number of carbonyl (C=O) groups excluding carboxylic acids is 1. The van der Waals surface area contributed by atoms with E-state index < -0.39 is 0 Å². The molecule has 1 aromatic carbocycles. The van der Waals surface area contributed by atoms with Crippen molar-refractivity contribution in [1.29, 1.82) is 0 Å². The number of fused-ring (bicyclic) bond motifs is 2. The van der Waals surface area contributed by atoms with E-state index in [9.17, 15) is 4.79 Å². The second-order valence-corrected chi connectivity index (χ2v) is 7.16. The molecule has 0 fully saturated rings. The molecule has 1 N–H and O–H groups in total. The highest BCUT2D eigenvalue weighted by molar-refractivity contribution is 9.10. The SMILES string of the molecule is C[C@H]1CCn2nc(C(=O)NC3COc4ccc(Br)cc4C3)cc2O1. The van der Waals surface area contributed by atoms with Crippen molar-refractivity contribution in [3.8, 4) is 11.6 Å². The Morgan fingerprint density at radius 2 is 2.29 bits per heavy atom. The summed E-state index contributed by atoms with van der Waals surface area (Å²) in [6.07, 6.45) is 1.80. The van der Waals surface area contributed by atoms with E-state index in [1.165, 1.54) is 0 Å². The Balaban J connectivity index is 1.45. The Hall–Kier alpha value is -2.02. The Morgan fingerprint density at radius 1 is 1.42 bits per heavy atom. The monoisotopic (exact) mass is 391 g/mol. The van der Waals surface area contributed by atoms with Gasteiger partial charge < -0.3 is 14.8 Å². The quantitative estimate of drug-likeness (QED) is 0.853. The number of ether oxygens (including phenoxy) is 2. The molecular weight excluding hydrogens is 374 g/mol. The Labute approximate surface area is 148 Å². The summed E-state index contributed by atoms with van der Waals surface area (Å²) in [4.78, 5) is 12.5. The molecule has 0 saturated heterocycles. The van der Waals surface area contributed by atoms with Gasteiger partial charge in [-0.2, -0.15) is 5.10 Å². The largest absolute Gasteiger partial charge is 0.491 e. The first-order valence-corrected chi connectivity index (χ1v) is 8.84. The van der Waals surface area contributed by atoms with E-state index in [1.54, 1.807) is 10.7 Å². The zero-order valence-electron chi connectivity index (χ0n) is 13.3. The number of nitrogens with one attached hydrogen (secondary N) is 1. The van der Waals surface area contributed by atoms with Crippen LogP contribution in [0.25, 0.3) is 0 Å². The minimum Gasteiger partial charge on any atom is -0.491 e. The van der Waals surface area contributed by atoms with Crippen LogP contribution in [0.2, 0.25) is 0 Å². The summed E-state index contributed by atoms with van der Waals surface area (Å²) < 4.78 is 14.2.